The van der Waals surface area contributed by atoms with Crippen molar-refractivity contribution in [3.05, 3.63) is 24.0 Å². The topological polar surface area (TPSA) is 16.1 Å². The Labute approximate surface area is 73.2 Å². The Kier molecular flexibility index (Phi) is 1.40. The molecule has 0 saturated heterocycles. The van der Waals surface area contributed by atoms with Crippen LogP contribution in [0.15, 0.2) is 18.3 Å². The first kappa shape index (κ1) is 7.59. The van der Waals surface area contributed by atoms with Crippen molar-refractivity contribution in [3.8, 4) is 0 Å². The third kappa shape index (κ3) is 0.909. The molecule has 0 bridgehead atoms. The molecule has 2 rings (SSSR count). The molecule has 0 aliphatic carbocycles. The lowest BCUT2D eigenvalue weighted by molar-refractivity contribution is 0.548. The van der Waals surface area contributed by atoms with Gasteiger partial charge in [0.2, 0.25) is 0 Å². The monoisotopic (exact) mass is 162 g/mol. The summed E-state index contributed by atoms with van der Waals surface area (Å²) in [5.74, 6) is 0. The zero-order valence-electron chi connectivity index (χ0n) is 7.83. The highest BCUT2D eigenvalue weighted by Gasteiger charge is 2.34. The Morgan fingerprint density at radius 2 is 2.25 bits per heavy atom. The predicted molar refractivity (Wildman–Crippen MR) is 50.5 cm³/mol. The molecule has 2 heteroatoms. The fourth-order valence-corrected chi connectivity index (χ4v) is 1.98. The minimum atomic E-state index is 0.214. The summed E-state index contributed by atoms with van der Waals surface area (Å²) in [5, 5.41) is 0. The van der Waals surface area contributed by atoms with Crippen molar-refractivity contribution in [2.45, 2.75) is 19.3 Å². The SMILES string of the molecule is CN1CC(C)(C)c2ncccc21. The Morgan fingerprint density at radius 3 is 2.92 bits per heavy atom. The lowest BCUT2D eigenvalue weighted by Crippen LogP contribution is -2.25. The number of likely N-dealkylation sites (N-methyl/N-ethyl adjacent to an activating group) is 1. The molecule has 2 heterocycles. The first-order valence-corrected chi connectivity index (χ1v) is 4.28. The molecule has 2 nitrogen and oxygen atoms in total. The van der Waals surface area contributed by atoms with Crippen LogP contribution in [0.2, 0.25) is 0 Å². The van der Waals surface area contributed by atoms with E-state index in [1.807, 2.05) is 12.3 Å². The largest absolute Gasteiger partial charge is 0.372 e. The van der Waals surface area contributed by atoms with Gasteiger partial charge in [0, 0.05) is 25.2 Å². The molecule has 1 aliphatic rings. The van der Waals surface area contributed by atoms with E-state index in [1.165, 1.54) is 11.4 Å². The predicted octanol–water partition coefficient (Wildman–Crippen LogP) is 1.81. The van der Waals surface area contributed by atoms with Crippen LogP contribution in [0.5, 0.6) is 0 Å². The maximum atomic E-state index is 4.42. The third-order valence-electron chi connectivity index (χ3n) is 2.47. The van der Waals surface area contributed by atoms with Crippen LogP contribution >= 0.6 is 0 Å². The molecule has 0 N–H and O–H groups in total. The van der Waals surface area contributed by atoms with Crippen molar-refractivity contribution in [1.29, 1.82) is 0 Å². The molecule has 0 atom stereocenters. The molecule has 0 amide bonds. The highest BCUT2D eigenvalue weighted by atomic mass is 15.1. The second-order valence-electron chi connectivity index (χ2n) is 4.11. The van der Waals surface area contributed by atoms with E-state index in [0.717, 1.165) is 6.54 Å². The van der Waals surface area contributed by atoms with Crippen LogP contribution in [0.25, 0.3) is 0 Å². The summed E-state index contributed by atoms with van der Waals surface area (Å²) in [6.45, 7) is 5.55. The third-order valence-corrected chi connectivity index (χ3v) is 2.47. The van der Waals surface area contributed by atoms with Crippen LogP contribution in [0.3, 0.4) is 0 Å². The van der Waals surface area contributed by atoms with Gasteiger partial charge in [-0.1, -0.05) is 13.8 Å². The quantitative estimate of drug-likeness (QED) is 0.578. The first-order valence-electron chi connectivity index (χ1n) is 4.28. The van der Waals surface area contributed by atoms with E-state index in [1.54, 1.807) is 0 Å². The first-order chi connectivity index (χ1) is 5.61. The molecule has 64 valence electrons. The molecule has 12 heavy (non-hydrogen) atoms. The van der Waals surface area contributed by atoms with Crippen molar-refractivity contribution >= 4 is 5.69 Å². The normalized spacial score (nSPS) is 19.4. The zero-order chi connectivity index (χ0) is 8.77. The van der Waals surface area contributed by atoms with Gasteiger partial charge in [-0.25, -0.2) is 0 Å². The van der Waals surface area contributed by atoms with Gasteiger partial charge in [0.15, 0.2) is 0 Å². The molecule has 0 spiro atoms. The van der Waals surface area contributed by atoms with E-state index in [9.17, 15) is 0 Å². The van der Waals surface area contributed by atoms with Crippen molar-refractivity contribution in [3.63, 3.8) is 0 Å². The number of pyridine rings is 1. The fourth-order valence-electron chi connectivity index (χ4n) is 1.98. The van der Waals surface area contributed by atoms with Crippen molar-refractivity contribution in [1.82, 2.24) is 4.98 Å². The standard InChI is InChI=1S/C10H14N2/c1-10(2)7-12(3)8-5-4-6-11-9(8)10/h4-6H,7H2,1-3H3. The number of nitrogens with zero attached hydrogens (tertiary/aromatic N) is 2. The summed E-state index contributed by atoms with van der Waals surface area (Å²) in [5.41, 5.74) is 2.72. The minimum Gasteiger partial charge on any atom is -0.372 e. The number of hydrogen-bond donors (Lipinski definition) is 0. The van der Waals surface area contributed by atoms with Gasteiger partial charge in [0.05, 0.1) is 11.4 Å². The van der Waals surface area contributed by atoms with Gasteiger partial charge in [-0.2, -0.15) is 0 Å². The molecule has 0 saturated carbocycles. The number of anilines is 1. The average molecular weight is 162 g/mol. The minimum absolute atomic E-state index is 0.214. The second kappa shape index (κ2) is 2.22. The maximum Gasteiger partial charge on any atom is 0.0710 e. The van der Waals surface area contributed by atoms with Crippen LogP contribution in [-0.4, -0.2) is 18.6 Å². The summed E-state index contributed by atoms with van der Waals surface area (Å²) in [7, 11) is 2.12. The summed E-state index contributed by atoms with van der Waals surface area (Å²) < 4.78 is 0. The number of hydrogen-bond acceptors (Lipinski definition) is 2. The Hall–Kier alpha value is -1.05. The van der Waals surface area contributed by atoms with Crippen LogP contribution in [0.4, 0.5) is 5.69 Å². The van der Waals surface area contributed by atoms with Crippen molar-refractivity contribution < 1.29 is 0 Å². The van der Waals surface area contributed by atoms with Crippen molar-refractivity contribution in [2.24, 2.45) is 0 Å². The molecule has 1 aromatic rings. The van der Waals surface area contributed by atoms with Gasteiger partial charge in [-0.15, -0.1) is 0 Å². The summed E-state index contributed by atoms with van der Waals surface area (Å²) in [6.07, 6.45) is 1.87. The second-order valence-corrected chi connectivity index (χ2v) is 4.11. The zero-order valence-corrected chi connectivity index (χ0v) is 7.83. The molecular weight excluding hydrogens is 148 g/mol. The van der Waals surface area contributed by atoms with Crippen molar-refractivity contribution in [2.75, 3.05) is 18.5 Å². The van der Waals surface area contributed by atoms with E-state index < -0.39 is 0 Å². The Balaban J connectivity index is 2.58. The number of fused-ring (bicyclic) bond motifs is 1. The van der Waals surface area contributed by atoms with Crippen LogP contribution < -0.4 is 4.90 Å². The van der Waals surface area contributed by atoms with Gasteiger partial charge in [0.25, 0.3) is 0 Å². The van der Waals surface area contributed by atoms with Gasteiger partial charge in [-0.05, 0) is 12.1 Å². The molecule has 1 aromatic heterocycles. The maximum absolute atomic E-state index is 4.42. The van der Waals surface area contributed by atoms with Gasteiger partial charge in [0.1, 0.15) is 0 Å². The molecular formula is C10H14N2. The van der Waals surface area contributed by atoms with E-state index in [-0.39, 0.29) is 5.41 Å². The fraction of sp³-hybridized carbons (Fsp3) is 0.500. The molecule has 0 radical (unpaired) electrons. The smallest absolute Gasteiger partial charge is 0.0710 e. The number of rotatable bonds is 0. The highest BCUT2D eigenvalue weighted by Crippen LogP contribution is 2.37. The Morgan fingerprint density at radius 1 is 1.50 bits per heavy atom. The molecule has 0 aromatic carbocycles. The molecule has 0 fully saturated rings. The number of aromatic nitrogens is 1. The summed E-state index contributed by atoms with van der Waals surface area (Å²) >= 11 is 0. The van der Waals surface area contributed by atoms with Crippen LogP contribution in [-0.2, 0) is 5.41 Å². The van der Waals surface area contributed by atoms with Gasteiger partial charge < -0.3 is 4.90 Å². The molecule has 0 unspecified atom stereocenters. The molecule has 1 aliphatic heterocycles. The Bertz CT molecular complexity index is 304. The van der Waals surface area contributed by atoms with Gasteiger partial charge >= 0.3 is 0 Å². The summed E-state index contributed by atoms with van der Waals surface area (Å²) in [4.78, 5) is 6.69. The van der Waals surface area contributed by atoms with E-state index in [2.05, 4.69) is 36.8 Å². The lowest BCUT2D eigenvalue weighted by atomic mass is 9.91. The lowest BCUT2D eigenvalue weighted by Gasteiger charge is -2.17. The average Bonchev–Trinajstić information content (AvgIpc) is 2.25. The van der Waals surface area contributed by atoms with E-state index in [4.69, 9.17) is 0 Å². The highest BCUT2D eigenvalue weighted by molar-refractivity contribution is 5.58. The van der Waals surface area contributed by atoms with E-state index >= 15 is 0 Å². The van der Waals surface area contributed by atoms with Crippen LogP contribution in [0.1, 0.15) is 19.5 Å². The van der Waals surface area contributed by atoms with Gasteiger partial charge in [-0.3, -0.25) is 4.98 Å². The van der Waals surface area contributed by atoms with Crippen LogP contribution in [0, 0.1) is 0 Å². The van der Waals surface area contributed by atoms with E-state index in [0.29, 0.717) is 0 Å². The summed E-state index contributed by atoms with van der Waals surface area (Å²) in [6, 6.07) is 4.13.